The van der Waals surface area contributed by atoms with Crippen molar-refractivity contribution in [1.29, 1.82) is 0 Å². The van der Waals surface area contributed by atoms with Gasteiger partial charge in [-0.1, -0.05) is 44.2 Å². The van der Waals surface area contributed by atoms with Crippen LogP contribution in [0.4, 0.5) is 0 Å². The Bertz CT molecular complexity index is 782. The summed E-state index contributed by atoms with van der Waals surface area (Å²) in [5.74, 6) is -0.144. The third-order valence-corrected chi connectivity index (χ3v) is 6.71. The highest BCUT2D eigenvalue weighted by molar-refractivity contribution is 5.94. The zero-order chi connectivity index (χ0) is 22.5. The van der Waals surface area contributed by atoms with Crippen molar-refractivity contribution in [1.82, 2.24) is 20.4 Å². The molecule has 7 heteroatoms. The van der Waals surface area contributed by atoms with Crippen molar-refractivity contribution in [3.05, 3.63) is 35.9 Å². The number of benzene rings is 1. The number of likely N-dealkylation sites (N-methyl/N-ethyl adjacent to an activating group) is 1. The van der Waals surface area contributed by atoms with Crippen LogP contribution in [0.5, 0.6) is 0 Å². The third kappa shape index (κ3) is 5.26. The quantitative estimate of drug-likeness (QED) is 0.656. The van der Waals surface area contributed by atoms with Gasteiger partial charge in [0.1, 0.15) is 12.1 Å². The number of piperidine rings is 1. The molecular formula is C24H36N4O3. The molecule has 0 unspecified atom stereocenters. The number of hydrogen-bond donors (Lipinski definition) is 2. The highest BCUT2D eigenvalue weighted by atomic mass is 16.2. The Morgan fingerprint density at radius 2 is 1.77 bits per heavy atom. The Morgan fingerprint density at radius 3 is 2.42 bits per heavy atom. The molecule has 2 fully saturated rings. The molecule has 2 aliphatic rings. The second-order valence-corrected chi connectivity index (χ2v) is 9.12. The molecule has 0 aliphatic carbocycles. The number of nitrogens with zero attached hydrogens (tertiary/aromatic N) is 2. The van der Waals surface area contributed by atoms with E-state index in [-0.39, 0.29) is 35.6 Å². The molecule has 3 rings (SSSR count). The lowest BCUT2D eigenvalue weighted by atomic mass is 9.90. The van der Waals surface area contributed by atoms with Gasteiger partial charge in [-0.3, -0.25) is 14.4 Å². The third-order valence-electron chi connectivity index (χ3n) is 6.71. The summed E-state index contributed by atoms with van der Waals surface area (Å²) in [6.07, 6.45) is 2.58. The first kappa shape index (κ1) is 23.3. The standard InChI is InChI=1S/C24H36N4O3/c1-16(2)20(26-22(29)17(3)25-4)23(30)28-15-12-19-11-14-27(24(31)21(19)28)13-10-18-8-6-5-7-9-18/h5-9,16-17,19-21,25H,10-15H2,1-4H3,(H,26,29)/t17-,19-,20-,21+/m0/s1. The van der Waals surface area contributed by atoms with Gasteiger partial charge in [-0.05, 0) is 50.6 Å². The van der Waals surface area contributed by atoms with Crippen LogP contribution in [0.2, 0.25) is 0 Å². The molecule has 4 atom stereocenters. The second kappa shape index (κ2) is 10.3. The SMILES string of the molecule is CN[C@@H](C)C(=O)N[C@H](C(=O)N1CC[C@@H]2CCN(CCc3ccccc3)C(=O)[C@@H]21)C(C)C. The first-order valence-corrected chi connectivity index (χ1v) is 11.4. The molecule has 3 amide bonds. The van der Waals surface area contributed by atoms with Gasteiger partial charge in [0.25, 0.3) is 0 Å². The van der Waals surface area contributed by atoms with Gasteiger partial charge >= 0.3 is 0 Å². The summed E-state index contributed by atoms with van der Waals surface area (Å²) >= 11 is 0. The van der Waals surface area contributed by atoms with Crippen LogP contribution in [0.15, 0.2) is 30.3 Å². The van der Waals surface area contributed by atoms with E-state index in [4.69, 9.17) is 0 Å². The highest BCUT2D eigenvalue weighted by Gasteiger charge is 2.47. The van der Waals surface area contributed by atoms with Gasteiger partial charge in [-0.2, -0.15) is 0 Å². The zero-order valence-corrected chi connectivity index (χ0v) is 19.1. The van der Waals surface area contributed by atoms with Crippen molar-refractivity contribution in [2.45, 2.75) is 58.2 Å². The van der Waals surface area contributed by atoms with Crippen LogP contribution in [0.1, 0.15) is 39.2 Å². The van der Waals surface area contributed by atoms with Crippen molar-refractivity contribution in [3.63, 3.8) is 0 Å². The normalized spacial score (nSPS) is 22.9. The van der Waals surface area contributed by atoms with Crippen LogP contribution in [0.3, 0.4) is 0 Å². The van der Waals surface area contributed by atoms with Gasteiger partial charge in [0.2, 0.25) is 17.7 Å². The lowest BCUT2D eigenvalue weighted by molar-refractivity contribution is -0.149. The molecule has 0 spiro atoms. The van der Waals surface area contributed by atoms with Crippen LogP contribution in [0, 0.1) is 11.8 Å². The summed E-state index contributed by atoms with van der Waals surface area (Å²) in [6.45, 7) is 7.60. The maximum atomic E-state index is 13.4. The minimum Gasteiger partial charge on any atom is -0.343 e. The lowest BCUT2D eigenvalue weighted by Crippen LogP contribution is -2.59. The Hall–Kier alpha value is -2.41. The van der Waals surface area contributed by atoms with Crippen LogP contribution in [-0.2, 0) is 20.8 Å². The molecular weight excluding hydrogens is 392 g/mol. The Balaban J connectivity index is 1.69. The summed E-state index contributed by atoms with van der Waals surface area (Å²) in [5, 5.41) is 5.80. The first-order chi connectivity index (χ1) is 14.8. The van der Waals surface area contributed by atoms with Gasteiger partial charge in [-0.15, -0.1) is 0 Å². The fourth-order valence-electron chi connectivity index (χ4n) is 4.59. The maximum absolute atomic E-state index is 13.4. The summed E-state index contributed by atoms with van der Waals surface area (Å²) in [7, 11) is 1.71. The van der Waals surface area contributed by atoms with Crippen molar-refractivity contribution in [3.8, 4) is 0 Å². The molecule has 2 N–H and O–H groups in total. The minimum atomic E-state index is -0.630. The predicted molar refractivity (Wildman–Crippen MR) is 120 cm³/mol. The Labute approximate surface area is 185 Å². The van der Waals surface area contributed by atoms with Crippen LogP contribution < -0.4 is 10.6 Å². The van der Waals surface area contributed by atoms with Crippen molar-refractivity contribution < 1.29 is 14.4 Å². The predicted octanol–water partition coefficient (Wildman–Crippen LogP) is 1.43. The average Bonchev–Trinajstić information content (AvgIpc) is 3.21. The van der Waals surface area contributed by atoms with E-state index >= 15 is 0 Å². The molecule has 31 heavy (non-hydrogen) atoms. The monoisotopic (exact) mass is 428 g/mol. The Kier molecular flexibility index (Phi) is 7.70. The fourth-order valence-corrected chi connectivity index (χ4v) is 4.59. The van der Waals surface area contributed by atoms with Crippen molar-refractivity contribution >= 4 is 17.7 Å². The highest BCUT2D eigenvalue weighted by Crippen LogP contribution is 2.33. The van der Waals surface area contributed by atoms with Gasteiger partial charge in [-0.25, -0.2) is 0 Å². The van der Waals surface area contributed by atoms with E-state index in [0.717, 1.165) is 25.8 Å². The molecule has 2 saturated heterocycles. The van der Waals surface area contributed by atoms with Gasteiger partial charge in [0, 0.05) is 19.6 Å². The van der Waals surface area contributed by atoms with Gasteiger partial charge in [0.15, 0.2) is 0 Å². The average molecular weight is 429 g/mol. The van der Waals surface area contributed by atoms with E-state index < -0.39 is 12.1 Å². The summed E-state index contributed by atoms with van der Waals surface area (Å²) in [4.78, 5) is 42.8. The van der Waals surface area contributed by atoms with E-state index in [1.807, 2.05) is 36.9 Å². The number of hydrogen-bond acceptors (Lipinski definition) is 4. The molecule has 170 valence electrons. The largest absolute Gasteiger partial charge is 0.343 e. The van der Waals surface area contributed by atoms with E-state index in [0.29, 0.717) is 13.1 Å². The fraction of sp³-hybridized carbons (Fsp3) is 0.625. The molecule has 2 aliphatic heterocycles. The number of carbonyl (C=O) groups is 3. The first-order valence-electron chi connectivity index (χ1n) is 11.4. The number of nitrogens with one attached hydrogen (secondary N) is 2. The number of likely N-dealkylation sites (tertiary alicyclic amines) is 2. The van der Waals surface area contributed by atoms with E-state index in [2.05, 4.69) is 22.8 Å². The smallest absolute Gasteiger partial charge is 0.246 e. The van der Waals surface area contributed by atoms with Crippen molar-refractivity contribution in [2.75, 3.05) is 26.7 Å². The number of carbonyl (C=O) groups excluding carboxylic acids is 3. The zero-order valence-electron chi connectivity index (χ0n) is 19.1. The van der Waals surface area contributed by atoms with Gasteiger partial charge in [0.05, 0.1) is 6.04 Å². The van der Waals surface area contributed by atoms with E-state index in [9.17, 15) is 14.4 Å². The molecule has 7 nitrogen and oxygen atoms in total. The molecule has 1 aromatic rings. The number of rotatable bonds is 8. The molecule has 2 heterocycles. The van der Waals surface area contributed by atoms with Crippen LogP contribution in [0.25, 0.3) is 0 Å². The van der Waals surface area contributed by atoms with Gasteiger partial charge < -0.3 is 20.4 Å². The van der Waals surface area contributed by atoms with E-state index in [1.54, 1.807) is 18.9 Å². The summed E-state index contributed by atoms with van der Waals surface area (Å²) in [6, 6.07) is 8.74. The van der Waals surface area contributed by atoms with E-state index in [1.165, 1.54) is 5.56 Å². The Morgan fingerprint density at radius 1 is 1.10 bits per heavy atom. The molecule has 0 aromatic heterocycles. The molecule has 0 radical (unpaired) electrons. The molecule has 1 aromatic carbocycles. The minimum absolute atomic E-state index is 0.0513. The lowest BCUT2D eigenvalue weighted by Gasteiger charge is -2.39. The number of amides is 3. The second-order valence-electron chi connectivity index (χ2n) is 9.12. The van der Waals surface area contributed by atoms with Crippen LogP contribution >= 0.6 is 0 Å². The molecule has 0 saturated carbocycles. The topological polar surface area (TPSA) is 81.8 Å². The summed E-state index contributed by atoms with van der Waals surface area (Å²) < 4.78 is 0. The summed E-state index contributed by atoms with van der Waals surface area (Å²) in [5.41, 5.74) is 1.21. The number of fused-ring (bicyclic) bond motifs is 1. The maximum Gasteiger partial charge on any atom is 0.246 e. The van der Waals surface area contributed by atoms with Crippen molar-refractivity contribution in [2.24, 2.45) is 11.8 Å². The van der Waals surface area contributed by atoms with Crippen LogP contribution in [-0.4, -0.2) is 72.3 Å². The molecule has 0 bridgehead atoms.